The smallest absolute Gasteiger partial charge is 0.233 e. The van der Waals surface area contributed by atoms with Crippen LogP contribution in [0.4, 0.5) is 0 Å². The standard InChI is InChI=1S/C21H25N5O2S/c1-14(16-7-5-4-6-8-16)13-23-20(27)15(2)29-21-25-24-19(26(21)22)17-9-11-18(28-3)12-10-17/h4-12,14-15H,13,22H2,1-3H3,(H,23,27). The summed E-state index contributed by atoms with van der Waals surface area (Å²) >= 11 is 1.28. The topological polar surface area (TPSA) is 95.1 Å². The monoisotopic (exact) mass is 411 g/mol. The second kappa shape index (κ2) is 9.47. The van der Waals surface area contributed by atoms with Crippen LogP contribution < -0.4 is 15.9 Å². The molecule has 3 aromatic rings. The molecular formula is C21H25N5O2S. The van der Waals surface area contributed by atoms with Gasteiger partial charge in [-0.3, -0.25) is 4.79 Å². The highest BCUT2D eigenvalue weighted by molar-refractivity contribution is 8.00. The zero-order chi connectivity index (χ0) is 20.8. The van der Waals surface area contributed by atoms with E-state index in [9.17, 15) is 4.79 Å². The minimum absolute atomic E-state index is 0.0632. The van der Waals surface area contributed by atoms with Gasteiger partial charge in [0.1, 0.15) is 5.75 Å². The number of aromatic nitrogens is 3. The second-order valence-corrected chi connectivity index (χ2v) is 8.03. The minimum atomic E-state index is -0.354. The van der Waals surface area contributed by atoms with Crippen LogP contribution in [0.2, 0.25) is 0 Å². The molecule has 2 aromatic carbocycles. The largest absolute Gasteiger partial charge is 0.497 e. The number of nitrogen functional groups attached to an aromatic ring is 1. The number of carbonyl (C=O) groups is 1. The summed E-state index contributed by atoms with van der Waals surface area (Å²) in [6, 6.07) is 17.5. The first-order chi connectivity index (χ1) is 14.0. The van der Waals surface area contributed by atoms with E-state index in [-0.39, 0.29) is 17.1 Å². The predicted octanol–water partition coefficient (Wildman–Crippen LogP) is 3.07. The number of rotatable bonds is 8. The third-order valence-electron chi connectivity index (χ3n) is 4.62. The number of carbonyl (C=O) groups excluding carboxylic acids is 1. The van der Waals surface area contributed by atoms with Crippen LogP contribution in [0.5, 0.6) is 5.75 Å². The average Bonchev–Trinajstić information content (AvgIpc) is 3.12. The molecular weight excluding hydrogens is 386 g/mol. The van der Waals surface area contributed by atoms with Gasteiger partial charge in [0.15, 0.2) is 5.82 Å². The van der Waals surface area contributed by atoms with Crippen molar-refractivity contribution in [3.05, 3.63) is 60.2 Å². The van der Waals surface area contributed by atoms with E-state index in [2.05, 4.69) is 34.6 Å². The third-order valence-corrected chi connectivity index (χ3v) is 5.67. The van der Waals surface area contributed by atoms with E-state index in [0.717, 1.165) is 11.3 Å². The van der Waals surface area contributed by atoms with Crippen molar-refractivity contribution < 1.29 is 9.53 Å². The maximum absolute atomic E-state index is 12.5. The fourth-order valence-electron chi connectivity index (χ4n) is 2.80. The highest BCUT2D eigenvalue weighted by atomic mass is 32.2. The Balaban J connectivity index is 1.59. The Labute approximate surface area is 174 Å². The number of nitrogens with two attached hydrogens (primary N) is 1. The Morgan fingerprint density at radius 3 is 2.48 bits per heavy atom. The maximum Gasteiger partial charge on any atom is 0.233 e. The zero-order valence-electron chi connectivity index (χ0n) is 16.7. The molecule has 3 rings (SSSR count). The lowest BCUT2D eigenvalue weighted by Crippen LogP contribution is -2.33. The summed E-state index contributed by atoms with van der Waals surface area (Å²) in [5.74, 6) is 7.61. The molecule has 0 aliphatic heterocycles. The molecule has 0 radical (unpaired) electrons. The molecule has 1 heterocycles. The number of ether oxygens (including phenoxy) is 1. The fourth-order valence-corrected chi connectivity index (χ4v) is 3.60. The van der Waals surface area contributed by atoms with Gasteiger partial charge in [0.05, 0.1) is 12.4 Å². The number of nitrogens with zero attached hydrogens (tertiary/aromatic N) is 3. The highest BCUT2D eigenvalue weighted by Crippen LogP contribution is 2.26. The van der Waals surface area contributed by atoms with E-state index in [0.29, 0.717) is 17.5 Å². The molecule has 7 nitrogen and oxygen atoms in total. The van der Waals surface area contributed by atoms with E-state index >= 15 is 0 Å². The molecule has 0 aliphatic rings. The van der Waals surface area contributed by atoms with E-state index in [4.69, 9.17) is 10.6 Å². The van der Waals surface area contributed by atoms with Crippen LogP contribution in [0.3, 0.4) is 0 Å². The Morgan fingerprint density at radius 1 is 1.14 bits per heavy atom. The third kappa shape index (κ3) is 5.08. The summed E-state index contributed by atoms with van der Waals surface area (Å²) in [6.45, 7) is 4.49. The van der Waals surface area contributed by atoms with Crippen LogP contribution >= 0.6 is 11.8 Å². The van der Waals surface area contributed by atoms with Gasteiger partial charge in [0.2, 0.25) is 11.1 Å². The van der Waals surface area contributed by atoms with Crippen LogP contribution in [0.25, 0.3) is 11.4 Å². The van der Waals surface area contributed by atoms with Gasteiger partial charge in [-0.15, -0.1) is 10.2 Å². The van der Waals surface area contributed by atoms with Gasteiger partial charge in [-0.1, -0.05) is 49.0 Å². The van der Waals surface area contributed by atoms with Crippen molar-refractivity contribution in [3.63, 3.8) is 0 Å². The van der Waals surface area contributed by atoms with Crippen LogP contribution in [0, 0.1) is 0 Å². The SMILES string of the molecule is COc1ccc(-c2nnc(SC(C)C(=O)NCC(C)c3ccccc3)n2N)cc1. The molecule has 0 aliphatic carbocycles. The summed E-state index contributed by atoms with van der Waals surface area (Å²) in [5.41, 5.74) is 2.01. The quantitative estimate of drug-likeness (QED) is 0.437. The number of benzene rings is 2. The van der Waals surface area contributed by atoms with Crippen molar-refractivity contribution in [2.24, 2.45) is 0 Å². The first kappa shape index (κ1) is 20.7. The lowest BCUT2D eigenvalue weighted by Gasteiger charge is -2.15. The van der Waals surface area contributed by atoms with Gasteiger partial charge in [-0.2, -0.15) is 0 Å². The lowest BCUT2D eigenvalue weighted by molar-refractivity contribution is -0.120. The molecule has 0 bridgehead atoms. The summed E-state index contributed by atoms with van der Waals surface area (Å²) in [7, 11) is 1.61. The van der Waals surface area contributed by atoms with Crippen molar-refractivity contribution in [2.75, 3.05) is 19.5 Å². The van der Waals surface area contributed by atoms with Gasteiger partial charge in [0.25, 0.3) is 0 Å². The first-order valence-corrected chi connectivity index (χ1v) is 10.2. The summed E-state index contributed by atoms with van der Waals surface area (Å²) in [4.78, 5) is 12.5. The number of methoxy groups -OCH3 is 1. The summed E-state index contributed by atoms with van der Waals surface area (Å²) < 4.78 is 6.57. The molecule has 0 saturated heterocycles. The number of hydrogen-bond acceptors (Lipinski definition) is 6. The van der Waals surface area contributed by atoms with Crippen LogP contribution in [0.15, 0.2) is 59.8 Å². The first-order valence-electron chi connectivity index (χ1n) is 9.33. The van der Waals surface area contributed by atoms with E-state index in [1.165, 1.54) is 22.0 Å². The van der Waals surface area contributed by atoms with Gasteiger partial charge in [-0.05, 0) is 42.7 Å². The van der Waals surface area contributed by atoms with Crippen molar-refractivity contribution in [2.45, 2.75) is 30.2 Å². The fraction of sp³-hybridized carbons (Fsp3) is 0.286. The van der Waals surface area contributed by atoms with E-state index < -0.39 is 0 Å². The number of thioether (sulfide) groups is 1. The molecule has 0 fully saturated rings. The Hall–Kier alpha value is -3.00. The Morgan fingerprint density at radius 2 is 1.83 bits per heavy atom. The predicted molar refractivity (Wildman–Crippen MR) is 115 cm³/mol. The molecule has 1 aromatic heterocycles. The molecule has 1 amide bonds. The van der Waals surface area contributed by atoms with Crippen molar-refractivity contribution in [3.8, 4) is 17.1 Å². The van der Waals surface area contributed by atoms with Crippen LogP contribution in [-0.4, -0.2) is 39.7 Å². The van der Waals surface area contributed by atoms with E-state index in [1.54, 1.807) is 7.11 Å². The van der Waals surface area contributed by atoms with Gasteiger partial charge in [-0.25, -0.2) is 4.68 Å². The van der Waals surface area contributed by atoms with Crippen LogP contribution in [-0.2, 0) is 4.79 Å². The van der Waals surface area contributed by atoms with Crippen molar-refractivity contribution >= 4 is 17.7 Å². The number of amides is 1. The zero-order valence-corrected chi connectivity index (χ0v) is 17.5. The molecule has 0 spiro atoms. The van der Waals surface area contributed by atoms with Crippen molar-refractivity contribution in [1.29, 1.82) is 0 Å². The summed E-state index contributed by atoms with van der Waals surface area (Å²) in [5, 5.41) is 11.4. The minimum Gasteiger partial charge on any atom is -0.497 e. The van der Waals surface area contributed by atoms with Crippen LogP contribution in [0.1, 0.15) is 25.3 Å². The van der Waals surface area contributed by atoms with E-state index in [1.807, 2.05) is 49.4 Å². The summed E-state index contributed by atoms with van der Waals surface area (Å²) in [6.07, 6.45) is 0. The maximum atomic E-state index is 12.5. The molecule has 0 saturated carbocycles. The molecule has 2 atom stereocenters. The lowest BCUT2D eigenvalue weighted by atomic mass is 10.0. The molecule has 152 valence electrons. The second-order valence-electron chi connectivity index (χ2n) is 6.72. The molecule has 3 N–H and O–H groups in total. The number of hydrogen-bond donors (Lipinski definition) is 2. The molecule has 29 heavy (non-hydrogen) atoms. The Kier molecular flexibility index (Phi) is 6.77. The highest BCUT2D eigenvalue weighted by Gasteiger charge is 2.20. The average molecular weight is 412 g/mol. The van der Waals surface area contributed by atoms with Crippen molar-refractivity contribution in [1.82, 2.24) is 20.2 Å². The normalized spacial score (nSPS) is 12.9. The van der Waals surface area contributed by atoms with Gasteiger partial charge in [0, 0.05) is 12.1 Å². The van der Waals surface area contributed by atoms with Gasteiger partial charge >= 0.3 is 0 Å². The molecule has 8 heteroatoms. The molecule has 2 unspecified atom stereocenters. The van der Waals surface area contributed by atoms with Gasteiger partial charge < -0.3 is 15.9 Å². The Bertz CT molecular complexity index is 943. The number of nitrogens with one attached hydrogen (secondary N) is 1.